The summed E-state index contributed by atoms with van der Waals surface area (Å²) in [5.41, 5.74) is 5.28. The van der Waals surface area contributed by atoms with Crippen LogP contribution in [0.1, 0.15) is 18.4 Å². The highest BCUT2D eigenvalue weighted by atomic mass is 35.5. The summed E-state index contributed by atoms with van der Waals surface area (Å²) >= 11 is 5.97. The van der Waals surface area contributed by atoms with Gasteiger partial charge in [-0.1, -0.05) is 29.8 Å². The number of rotatable bonds is 6. The Kier molecular flexibility index (Phi) is 5.89. The van der Waals surface area contributed by atoms with Gasteiger partial charge in [0, 0.05) is 41.6 Å². The zero-order valence-electron chi connectivity index (χ0n) is 16.2. The molecule has 1 aliphatic heterocycles. The molecule has 0 unspecified atom stereocenters. The smallest absolute Gasteiger partial charge is 0.128 e. The van der Waals surface area contributed by atoms with Crippen LogP contribution in [0.2, 0.25) is 5.02 Å². The second-order valence-electron chi connectivity index (χ2n) is 7.30. The predicted octanol–water partition coefficient (Wildman–Crippen LogP) is 5.28. The first-order valence-corrected chi connectivity index (χ1v) is 10.2. The maximum Gasteiger partial charge on any atom is 0.128 e. The minimum Gasteiger partial charge on any atom is -0.369 e. The molecule has 5 heteroatoms. The molecular weight excluding hydrogens is 368 g/mol. The molecule has 4 rings (SSSR count). The number of hydrogen-bond acceptors (Lipinski definition) is 4. The lowest BCUT2D eigenvalue weighted by Gasteiger charge is -2.16. The molecule has 1 N–H and O–H groups in total. The van der Waals surface area contributed by atoms with Crippen LogP contribution in [-0.4, -0.2) is 41.0 Å². The minimum atomic E-state index is 0.740. The molecule has 0 atom stereocenters. The minimum absolute atomic E-state index is 0.740. The highest BCUT2D eigenvalue weighted by Crippen LogP contribution is 2.25. The van der Waals surface area contributed by atoms with Crippen LogP contribution in [0, 0.1) is 6.92 Å². The molecule has 0 saturated carbocycles. The number of pyridine rings is 2. The Morgan fingerprint density at radius 3 is 2.32 bits per heavy atom. The summed E-state index contributed by atoms with van der Waals surface area (Å²) in [5.74, 6) is 0.959. The molecule has 1 saturated heterocycles. The third-order valence-corrected chi connectivity index (χ3v) is 5.49. The molecule has 0 aliphatic carbocycles. The van der Waals surface area contributed by atoms with Gasteiger partial charge in [0.1, 0.15) is 5.82 Å². The van der Waals surface area contributed by atoms with Crippen LogP contribution in [0.3, 0.4) is 0 Å². The van der Waals surface area contributed by atoms with Gasteiger partial charge in [0.25, 0.3) is 0 Å². The van der Waals surface area contributed by atoms with Crippen molar-refractivity contribution < 1.29 is 0 Å². The first-order valence-electron chi connectivity index (χ1n) is 9.84. The Morgan fingerprint density at radius 1 is 0.929 bits per heavy atom. The zero-order chi connectivity index (χ0) is 19.3. The SMILES string of the molecule is Cc1cc(-c2ccc(-c3ccc(Cl)cc3)cn2)cnc1NCCN1CCCC1. The number of likely N-dealkylation sites (tertiary alicyclic amines) is 1. The van der Waals surface area contributed by atoms with Gasteiger partial charge in [-0.25, -0.2) is 4.98 Å². The number of benzene rings is 1. The van der Waals surface area contributed by atoms with E-state index in [1.165, 1.54) is 25.9 Å². The normalized spacial score (nSPS) is 14.4. The Hall–Kier alpha value is -2.43. The number of nitrogens with zero attached hydrogens (tertiary/aromatic N) is 3. The summed E-state index contributed by atoms with van der Waals surface area (Å²) in [7, 11) is 0. The molecular formula is C23H25ClN4. The standard InChI is InChI=1S/C23H25ClN4/c1-17-14-20(16-27-23(17)25-10-13-28-11-2-3-12-28)22-9-6-19(15-26-22)18-4-7-21(24)8-5-18/h4-9,14-16H,2-3,10-13H2,1H3,(H,25,27). The Morgan fingerprint density at radius 2 is 1.64 bits per heavy atom. The monoisotopic (exact) mass is 392 g/mol. The number of aryl methyl sites for hydroxylation is 1. The van der Waals surface area contributed by atoms with E-state index in [0.29, 0.717) is 0 Å². The van der Waals surface area contributed by atoms with Crippen molar-refractivity contribution in [3.63, 3.8) is 0 Å². The van der Waals surface area contributed by atoms with Crippen LogP contribution < -0.4 is 5.32 Å². The fourth-order valence-electron chi connectivity index (χ4n) is 3.62. The third kappa shape index (κ3) is 4.51. The lowest BCUT2D eigenvalue weighted by molar-refractivity contribution is 0.352. The maximum atomic E-state index is 5.97. The number of hydrogen-bond donors (Lipinski definition) is 1. The van der Waals surface area contributed by atoms with E-state index in [-0.39, 0.29) is 0 Å². The van der Waals surface area contributed by atoms with E-state index >= 15 is 0 Å². The van der Waals surface area contributed by atoms with Crippen LogP contribution in [0.15, 0.2) is 54.9 Å². The molecule has 144 valence electrons. The van der Waals surface area contributed by atoms with Gasteiger partial charge in [-0.3, -0.25) is 4.98 Å². The molecule has 0 bridgehead atoms. The van der Waals surface area contributed by atoms with Crippen LogP contribution in [-0.2, 0) is 0 Å². The Labute approximate surface area is 171 Å². The van der Waals surface area contributed by atoms with Gasteiger partial charge < -0.3 is 10.2 Å². The highest BCUT2D eigenvalue weighted by molar-refractivity contribution is 6.30. The molecule has 0 amide bonds. The predicted molar refractivity (Wildman–Crippen MR) is 117 cm³/mol. The van der Waals surface area contributed by atoms with Gasteiger partial charge >= 0.3 is 0 Å². The van der Waals surface area contributed by atoms with E-state index < -0.39 is 0 Å². The molecule has 1 fully saturated rings. The molecule has 1 aliphatic rings. The topological polar surface area (TPSA) is 41.1 Å². The van der Waals surface area contributed by atoms with Gasteiger partial charge in [-0.05, 0) is 68.2 Å². The third-order valence-electron chi connectivity index (χ3n) is 5.23. The molecule has 2 aromatic heterocycles. The van der Waals surface area contributed by atoms with E-state index in [4.69, 9.17) is 11.6 Å². The summed E-state index contributed by atoms with van der Waals surface area (Å²) in [5, 5.41) is 4.21. The first-order chi connectivity index (χ1) is 13.7. The molecule has 1 aromatic carbocycles. The first kappa shape index (κ1) is 18.9. The van der Waals surface area contributed by atoms with Crippen molar-refractivity contribution in [1.82, 2.24) is 14.9 Å². The van der Waals surface area contributed by atoms with E-state index in [1.807, 2.05) is 42.7 Å². The second kappa shape index (κ2) is 8.72. The molecule has 3 heterocycles. The molecule has 3 aromatic rings. The zero-order valence-corrected chi connectivity index (χ0v) is 16.9. The summed E-state index contributed by atoms with van der Waals surface area (Å²) < 4.78 is 0. The molecule has 0 spiro atoms. The fourth-order valence-corrected chi connectivity index (χ4v) is 3.74. The Balaban J connectivity index is 1.42. The van der Waals surface area contributed by atoms with Crippen molar-refractivity contribution >= 4 is 17.4 Å². The number of halogens is 1. The van der Waals surface area contributed by atoms with Crippen molar-refractivity contribution in [3.8, 4) is 22.4 Å². The lowest BCUT2D eigenvalue weighted by Crippen LogP contribution is -2.26. The maximum absolute atomic E-state index is 5.97. The summed E-state index contributed by atoms with van der Waals surface area (Å²) in [6.45, 7) is 6.56. The van der Waals surface area contributed by atoms with E-state index in [9.17, 15) is 0 Å². The van der Waals surface area contributed by atoms with Crippen molar-refractivity contribution in [2.45, 2.75) is 19.8 Å². The number of aromatic nitrogens is 2. The Bertz CT molecular complexity index is 916. The molecule has 0 radical (unpaired) electrons. The van der Waals surface area contributed by atoms with Gasteiger partial charge in [-0.15, -0.1) is 0 Å². The van der Waals surface area contributed by atoms with Crippen molar-refractivity contribution in [1.29, 1.82) is 0 Å². The van der Waals surface area contributed by atoms with Gasteiger partial charge in [0.05, 0.1) is 5.69 Å². The fraction of sp³-hybridized carbons (Fsp3) is 0.304. The average Bonchev–Trinajstić information content (AvgIpc) is 3.23. The second-order valence-corrected chi connectivity index (χ2v) is 7.74. The van der Waals surface area contributed by atoms with E-state index in [0.717, 1.165) is 51.9 Å². The van der Waals surface area contributed by atoms with Crippen LogP contribution in [0.25, 0.3) is 22.4 Å². The lowest BCUT2D eigenvalue weighted by atomic mass is 10.1. The summed E-state index contributed by atoms with van der Waals surface area (Å²) in [6.07, 6.45) is 6.46. The molecule has 4 nitrogen and oxygen atoms in total. The number of nitrogens with one attached hydrogen (secondary N) is 1. The largest absolute Gasteiger partial charge is 0.369 e. The highest BCUT2D eigenvalue weighted by Gasteiger charge is 2.11. The van der Waals surface area contributed by atoms with Gasteiger partial charge in [-0.2, -0.15) is 0 Å². The van der Waals surface area contributed by atoms with Gasteiger partial charge in [0.2, 0.25) is 0 Å². The molecule has 28 heavy (non-hydrogen) atoms. The van der Waals surface area contributed by atoms with Crippen molar-refractivity contribution in [3.05, 3.63) is 65.4 Å². The van der Waals surface area contributed by atoms with Crippen LogP contribution in [0.4, 0.5) is 5.82 Å². The van der Waals surface area contributed by atoms with Gasteiger partial charge in [0.15, 0.2) is 0 Å². The van der Waals surface area contributed by atoms with E-state index in [2.05, 4.69) is 39.2 Å². The quantitative estimate of drug-likeness (QED) is 0.619. The summed E-state index contributed by atoms with van der Waals surface area (Å²) in [6, 6.07) is 14.1. The van der Waals surface area contributed by atoms with E-state index in [1.54, 1.807) is 0 Å². The van der Waals surface area contributed by atoms with Crippen molar-refractivity contribution in [2.24, 2.45) is 0 Å². The van der Waals surface area contributed by atoms with Crippen LogP contribution in [0.5, 0.6) is 0 Å². The average molecular weight is 393 g/mol. The van der Waals surface area contributed by atoms with Crippen LogP contribution >= 0.6 is 11.6 Å². The summed E-state index contributed by atoms with van der Waals surface area (Å²) in [4.78, 5) is 11.8. The number of anilines is 1. The van der Waals surface area contributed by atoms with Crippen molar-refractivity contribution in [2.75, 3.05) is 31.5 Å².